The molecule has 0 amide bonds. The number of rotatable bonds is 14. The first-order valence-corrected chi connectivity index (χ1v) is 12.1. The first kappa shape index (κ1) is 26.8. The van der Waals surface area contributed by atoms with Gasteiger partial charge in [0.15, 0.2) is 6.10 Å². The number of benzene rings is 3. The Morgan fingerprint density at radius 1 is 0.833 bits per heavy atom. The fourth-order valence-corrected chi connectivity index (χ4v) is 3.36. The van der Waals surface area contributed by atoms with E-state index in [1.54, 1.807) is 13.2 Å². The summed E-state index contributed by atoms with van der Waals surface area (Å²) in [7, 11) is 0. The molecule has 36 heavy (non-hydrogen) atoms. The molecule has 1 N–H and O–H groups in total. The van der Waals surface area contributed by atoms with E-state index in [0.717, 1.165) is 22.6 Å². The molecule has 0 aromatic heterocycles. The van der Waals surface area contributed by atoms with Crippen LogP contribution in [0.25, 0.3) is 5.70 Å². The smallest absolute Gasteiger partial charge is 0.335 e. The van der Waals surface area contributed by atoms with Crippen LogP contribution in [0.4, 0.5) is 0 Å². The van der Waals surface area contributed by atoms with Crippen molar-refractivity contribution in [3.8, 4) is 17.2 Å². The van der Waals surface area contributed by atoms with Crippen LogP contribution in [0.2, 0.25) is 0 Å². The molecule has 0 aliphatic rings. The summed E-state index contributed by atoms with van der Waals surface area (Å²) in [5.74, 6) is 1.74. The van der Waals surface area contributed by atoms with Crippen molar-refractivity contribution in [2.45, 2.75) is 33.3 Å². The van der Waals surface area contributed by atoms with Crippen LogP contribution in [0.5, 0.6) is 17.2 Å². The number of para-hydroxylation sites is 1. The highest BCUT2D eigenvalue weighted by Gasteiger charge is 2.20. The number of carbonyl (C=O) groups excluding carboxylic acids is 1. The number of esters is 1. The third-order valence-corrected chi connectivity index (χ3v) is 5.02. The summed E-state index contributed by atoms with van der Waals surface area (Å²) < 4.78 is 22.5. The van der Waals surface area contributed by atoms with Crippen molar-refractivity contribution in [2.75, 3.05) is 19.8 Å². The van der Waals surface area contributed by atoms with Crippen LogP contribution in [0.3, 0.4) is 0 Å². The van der Waals surface area contributed by atoms with Crippen LogP contribution >= 0.6 is 0 Å². The minimum absolute atomic E-state index is 0.311. The van der Waals surface area contributed by atoms with Gasteiger partial charge in [0.2, 0.25) is 0 Å². The third kappa shape index (κ3) is 8.45. The van der Waals surface area contributed by atoms with Crippen LogP contribution in [-0.2, 0) is 25.5 Å². The Balaban J connectivity index is 1.71. The van der Waals surface area contributed by atoms with E-state index < -0.39 is 6.10 Å². The number of hydroxylamine groups is 1. The zero-order chi connectivity index (χ0) is 25.6. The van der Waals surface area contributed by atoms with Gasteiger partial charge in [0, 0.05) is 18.6 Å². The monoisotopic (exact) mass is 491 g/mol. The molecule has 7 heteroatoms. The molecule has 7 nitrogen and oxygen atoms in total. The van der Waals surface area contributed by atoms with Gasteiger partial charge < -0.3 is 18.9 Å². The van der Waals surface area contributed by atoms with Crippen LogP contribution in [0, 0.1) is 0 Å². The molecule has 0 heterocycles. The summed E-state index contributed by atoms with van der Waals surface area (Å²) in [4.78, 5) is 17.6. The lowest BCUT2D eigenvalue weighted by atomic mass is 10.1. The summed E-state index contributed by atoms with van der Waals surface area (Å²) >= 11 is 0. The van der Waals surface area contributed by atoms with E-state index in [2.05, 4.69) is 5.48 Å². The first-order valence-electron chi connectivity index (χ1n) is 12.1. The molecule has 3 rings (SSSR count). The zero-order valence-electron chi connectivity index (χ0n) is 20.9. The second-order valence-electron chi connectivity index (χ2n) is 7.67. The summed E-state index contributed by atoms with van der Waals surface area (Å²) in [6.45, 7) is 6.73. The molecule has 0 aliphatic carbocycles. The Morgan fingerprint density at radius 3 is 2.25 bits per heavy atom. The van der Waals surface area contributed by atoms with Gasteiger partial charge >= 0.3 is 5.97 Å². The van der Waals surface area contributed by atoms with Crippen LogP contribution in [0.15, 0.2) is 85.1 Å². The molecule has 190 valence electrons. The second kappa shape index (κ2) is 14.6. The van der Waals surface area contributed by atoms with Gasteiger partial charge in [-0.05, 0) is 74.9 Å². The normalized spacial score (nSPS) is 12.0. The maximum absolute atomic E-state index is 12.2. The lowest BCUT2D eigenvalue weighted by molar-refractivity contribution is -0.156. The highest BCUT2D eigenvalue weighted by molar-refractivity contribution is 5.75. The largest absolute Gasteiger partial charge is 0.464 e. The van der Waals surface area contributed by atoms with Crippen molar-refractivity contribution in [1.29, 1.82) is 0 Å². The van der Waals surface area contributed by atoms with Gasteiger partial charge in [-0.3, -0.25) is 10.3 Å². The molecule has 0 saturated carbocycles. The maximum atomic E-state index is 12.2. The van der Waals surface area contributed by atoms with Crippen molar-refractivity contribution in [1.82, 2.24) is 5.48 Å². The van der Waals surface area contributed by atoms with Crippen LogP contribution in [-0.4, -0.2) is 31.9 Å². The minimum Gasteiger partial charge on any atom is -0.464 e. The molecule has 0 bridgehead atoms. The molecule has 3 aromatic rings. The number of ether oxygens (including phenoxy) is 4. The van der Waals surface area contributed by atoms with E-state index in [1.807, 2.05) is 92.7 Å². The predicted molar refractivity (Wildman–Crippen MR) is 139 cm³/mol. The Kier molecular flexibility index (Phi) is 10.8. The number of hydrogen-bond donors (Lipinski definition) is 1. The zero-order valence-corrected chi connectivity index (χ0v) is 20.9. The van der Waals surface area contributed by atoms with E-state index >= 15 is 0 Å². The van der Waals surface area contributed by atoms with Gasteiger partial charge in [-0.15, -0.1) is 0 Å². The van der Waals surface area contributed by atoms with Crippen molar-refractivity contribution < 1.29 is 28.6 Å². The second-order valence-corrected chi connectivity index (χ2v) is 7.67. The molecule has 0 fully saturated rings. The lowest BCUT2D eigenvalue weighted by Crippen LogP contribution is -2.29. The van der Waals surface area contributed by atoms with E-state index in [-0.39, 0.29) is 5.97 Å². The average Bonchev–Trinajstić information content (AvgIpc) is 2.90. The van der Waals surface area contributed by atoms with Gasteiger partial charge in [-0.25, -0.2) is 4.79 Å². The lowest BCUT2D eigenvalue weighted by Gasteiger charge is -2.16. The Hall–Kier alpha value is -3.81. The Morgan fingerprint density at radius 2 is 1.56 bits per heavy atom. The van der Waals surface area contributed by atoms with Crippen molar-refractivity contribution in [3.05, 3.63) is 96.3 Å². The SMILES string of the molecule is CCONC(=COc1cccc(CC(OCC)C(=O)OCC)c1)c1ccc(Oc2ccccc2)cc1. The molecule has 0 radical (unpaired) electrons. The van der Waals surface area contributed by atoms with Crippen molar-refractivity contribution in [2.24, 2.45) is 0 Å². The number of nitrogens with one attached hydrogen (secondary N) is 1. The summed E-state index contributed by atoms with van der Waals surface area (Å²) in [5.41, 5.74) is 5.33. The fraction of sp³-hybridized carbons (Fsp3) is 0.276. The molecule has 0 spiro atoms. The number of hydrogen-bond acceptors (Lipinski definition) is 7. The first-order chi connectivity index (χ1) is 17.6. The van der Waals surface area contributed by atoms with E-state index in [1.165, 1.54) is 0 Å². The van der Waals surface area contributed by atoms with Gasteiger partial charge in [0.05, 0.1) is 13.2 Å². The molecule has 0 saturated heterocycles. The summed E-state index contributed by atoms with van der Waals surface area (Å²) in [6.07, 6.45) is 1.32. The van der Waals surface area contributed by atoms with E-state index in [4.69, 9.17) is 23.8 Å². The van der Waals surface area contributed by atoms with Crippen LogP contribution < -0.4 is 15.0 Å². The van der Waals surface area contributed by atoms with E-state index in [9.17, 15) is 4.79 Å². The molecule has 0 aliphatic heterocycles. The maximum Gasteiger partial charge on any atom is 0.335 e. The highest BCUT2D eigenvalue weighted by atomic mass is 16.6. The quantitative estimate of drug-likeness (QED) is 0.171. The molecular formula is C29H33NO6. The molecular weight excluding hydrogens is 458 g/mol. The van der Waals surface area contributed by atoms with Gasteiger partial charge in [0.1, 0.15) is 29.2 Å². The summed E-state index contributed by atoms with van der Waals surface area (Å²) in [6, 6.07) is 24.7. The highest BCUT2D eigenvalue weighted by Crippen LogP contribution is 2.24. The van der Waals surface area contributed by atoms with Gasteiger partial charge in [0.25, 0.3) is 0 Å². The minimum atomic E-state index is -0.660. The van der Waals surface area contributed by atoms with Crippen molar-refractivity contribution >= 4 is 11.7 Å². The Labute approximate surface area is 212 Å². The van der Waals surface area contributed by atoms with E-state index in [0.29, 0.717) is 37.7 Å². The summed E-state index contributed by atoms with van der Waals surface area (Å²) in [5, 5.41) is 0. The molecule has 1 atom stereocenters. The fourth-order valence-electron chi connectivity index (χ4n) is 3.36. The van der Waals surface area contributed by atoms with Crippen molar-refractivity contribution in [3.63, 3.8) is 0 Å². The predicted octanol–water partition coefficient (Wildman–Crippen LogP) is 5.91. The standard InChI is InChI=1S/C29H33NO6/c1-4-32-28(29(31)33-5-2)20-22-11-10-14-26(19-22)34-21-27(30-35-6-3)23-15-17-25(18-16-23)36-24-12-8-7-9-13-24/h7-19,21,28,30H,4-6,20H2,1-3H3. The van der Waals surface area contributed by atoms with Crippen LogP contribution in [0.1, 0.15) is 31.9 Å². The number of carbonyl (C=O) groups is 1. The molecule has 3 aromatic carbocycles. The topological polar surface area (TPSA) is 75.2 Å². The van der Waals surface area contributed by atoms with Gasteiger partial charge in [-0.2, -0.15) is 0 Å². The molecule has 1 unspecified atom stereocenters. The third-order valence-electron chi connectivity index (χ3n) is 5.02. The van der Waals surface area contributed by atoms with Gasteiger partial charge in [-0.1, -0.05) is 30.3 Å². The Bertz CT molecular complexity index is 1100. The average molecular weight is 492 g/mol.